The minimum atomic E-state index is -1.63. The molecule has 0 aromatic carbocycles. The van der Waals surface area contributed by atoms with Crippen molar-refractivity contribution < 1.29 is 49.3 Å². The van der Waals surface area contributed by atoms with Crippen LogP contribution in [0.5, 0.6) is 0 Å². The van der Waals surface area contributed by atoms with Crippen molar-refractivity contribution in [2.24, 2.45) is 0 Å². The third kappa shape index (κ3) is 47.8. The number of hydrogen-bond acceptors (Lipinski definition) is 10. The number of allylic oxidation sites excluding steroid dienone is 19. The molecule has 11 nitrogen and oxygen atoms in total. The number of ether oxygens (including phenoxy) is 3. The molecule has 85 heavy (non-hydrogen) atoms. The second kappa shape index (κ2) is 60.3. The SMILES string of the molecule is CC/C=C\C/C=C\C/C=C\C/C=C\C/C=C\CCCCC(O)C(=O)NC(COC1OC(CO)C(O)C(O)C1OC(=O)CCCCCCCCCCC/C=C\C/C=C\C/C=C\C/C=C\CCCCC)C(O)/C=C/CCCCCCCCCCCCC. The molecular formula is C74H125NO10. The summed E-state index contributed by atoms with van der Waals surface area (Å²) >= 11 is 0. The van der Waals surface area contributed by atoms with Gasteiger partial charge in [-0.1, -0.05) is 271 Å². The molecule has 486 valence electrons. The Bertz CT molecular complexity index is 1850. The molecule has 8 unspecified atom stereocenters. The minimum absolute atomic E-state index is 0.106. The van der Waals surface area contributed by atoms with Crippen LogP contribution in [-0.4, -0.2) is 99.6 Å². The minimum Gasteiger partial charge on any atom is -0.454 e. The first-order valence-electron chi connectivity index (χ1n) is 34.3. The van der Waals surface area contributed by atoms with Gasteiger partial charge >= 0.3 is 5.97 Å². The molecule has 0 bridgehead atoms. The van der Waals surface area contributed by atoms with Crippen molar-refractivity contribution in [1.29, 1.82) is 0 Å². The second-order valence-electron chi connectivity index (χ2n) is 23.2. The van der Waals surface area contributed by atoms with E-state index in [1.165, 1.54) is 103 Å². The Hall–Kier alpha value is -3.94. The van der Waals surface area contributed by atoms with Gasteiger partial charge in [-0.15, -0.1) is 0 Å². The lowest BCUT2D eigenvalue weighted by atomic mass is 9.99. The number of hydrogen-bond donors (Lipinski definition) is 6. The number of esters is 1. The molecule has 0 aromatic rings. The van der Waals surface area contributed by atoms with Crippen molar-refractivity contribution in [3.8, 4) is 0 Å². The zero-order valence-electron chi connectivity index (χ0n) is 53.9. The lowest BCUT2D eigenvalue weighted by Gasteiger charge is -2.41. The van der Waals surface area contributed by atoms with Crippen molar-refractivity contribution in [2.75, 3.05) is 13.2 Å². The highest BCUT2D eigenvalue weighted by atomic mass is 16.7. The van der Waals surface area contributed by atoms with Crippen molar-refractivity contribution in [1.82, 2.24) is 5.32 Å². The Morgan fingerprint density at radius 3 is 1.29 bits per heavy atom. The standard InChI is InChI=1S/C74H125NO10/c1-4-7-10-13-16-19-22-25-27-29-31-32-33-34-35-36-37-39-41-44-47-50-53-56-59-62-69(79)85-72-71(81)70(80)68(63-76)84-74(72)83-64-65(66(77)60-57-54-51-48-45-42-24-21-18-15-12-9-6-3)75-73(82)67(78)61-58-55-52-49-46-43-40-38-30-28-26-23-20-17-14-11-8-5-2/h8,11,16-17,19-20,25-28,31-32,34-35,38,40,46,49,57,60,65-68,70-72,74,76-78,80-81H,4-7,9-10,12-15,18,21-24,29-30,33,36-37,39,41-45,47-48,50-56,58-59,61-64H2,1-3H3,(H,75,82)/b11-8-,19-16-,20-17-,27-25-,28-26-,32-31-,35-34-,40-38-,49-46-,60-57+. The molecule has 1 aliphatic heterocycles. The molecule has 8 atom stereocenters. The summed E-state index contributed by atoms with van der Waals surface area (Å²) in [6, 6.07) is -1.05. The van der Waals surface area contributed by atoms with Gasteiger partial charge in [-0.25, -0.2) is 0 Å². The fraction of sp³-hybridized carbons (Fsp3) is 0.703. The number of unbranched alkanes of at least 4 members (excludes halogenated alkanes) is 25. The van der Waals surface area contributed by atoms with E-state index in [-0.39, 0.29) is 19.4 Å². The van der Waals surface area contributed by atoms with Crippen LogP contribution in [0.2, 0.25) is 0 Å². The van der Waals surface area contributed by atoms with E-state index in [1.54, 1.807) is 6.08 Å². The zero-order valence-corrected chi connectivity index (χ0v) is 53.9. The van der Waals surface area contributed by atoms with Crippen molar-refractivity contribution in [2.45, 2.75) is 320 Å². The van der Waals surface area contributed by atoms with E-state index in [0.717, 1.165) is 122 Å². The van der Waals surface area contributed by atoms with E-state index in [2.05, 4.69) is 135 Å². The third-order valence-electron chi connectivity index (χ3n) is 15.3. The van der Waals surface area contributed by atoms with E-state index in [1.807, 2.05) is 6.08 Å². The van der Waals surface area contributed by atoms with Crippen LogP contribution in [0.3, 0.4) is 0 Å². The maximum absolute atomic E-state index is 13.5. The highest BCUT2D eigenvalue weighted by molar-refractivity contribution is 5.80. The molecule has 0 aliphatic carbocycles. The molecule has 1 aliphatic rings. The summed E-state index contributed by atoms with van der Waals surface area (Å²) in [5.74, 6) is -1.24. The van der Waals surface area contributed by atoms with E-state index in [0.29, 0.717) is 12.8 Å². The van der Waals surface area contributed by atoms with Gasteiger partial charge in [0.15, 0.2) is 12.4 Å². The largest absolute Gasteiger partial charge is 0.454 e. The normalized spacial score (nSPS) is 19.2. The number of rotatable bonds is 57. The van der Waals surface area contributed by atoms with Crippen molar-refractivity contribution >= 4 is 11.9 Å². The first-order valence-corrected chi connectivity index (χ1v) is 34.3. The first-order chi connectivity index (χ1) is 41.7. The monoisotopic (exact) mass is 1190 g/mol. The molecule has 0 aromatic heterocycles. The smallest absolute Gasteiger partial charge is 0.306 e. The molecule has 1 amide bonds. The van der Waals surface area contributed by atoms with Crippen LogP contribution < -0.4 is 5.32 Å². The number of aliphatic hydroxyl groups excluding tert-OH is 5. The number of carbonyl (C=O) groups excluding carboxylic acids is 2. The predicted octanol–water partition coefficient (Wildman–Crippen LogP) is 17.4. The van der Waals surface area contributed by atoms with Gasteiger partial charge in [0.05, 0.1) is 25.4 Å². The van der Waals surface area contributed by atoms with Crippen LogP contribution in [0.15, 0.2) is 122 Å². The summed E-state index contributed by atoms with van der Waals surface area (Å²) in [5, 5.41) is 57.2. The van der Waals surface area contributed by atoms with Gasteiger partial charge in [-0.2, -0.15) is 0 Å². The van der Waals surface area contributed by atoms with Gasteiger partial charge in [0.1, 0.15) is 24.4 Å². The van der Waals surface area contributed by atoms with Crippen molar-refractivity contribution in [3.05, 3.63) is 122 Å². The van der Waals surface area contributed by atoms with Crippen LogP contribution in [-0.2, 0) is 23.8 Å². The summed E-state index contributed by atoms with van der Waals surface area (Å²) in [6.07, 6.45) is 73.7. The van der Waals surface area contributed by atoms with E-state index < -0.39 is 67.4 Å². The van der Waals surface area contributed by atoms with Crippen LogP contribution in [0.1, 0.15) is 271 Å². The number of nitrogens with one attached hydrogen (secondary N) is 1. The van der Waals surface area contributed by atoms with Crippen LogP contribution >= 0.6 is 0 Å². The van der Waals surface area contributed by atoms with Crippen molar-refractivity contribution in [3.63, 3.8) is 0 Å². The fourth-order valence-electron chi connectivity index (χ4n) is 9.96. The molecule has 0 spiro atoms. The van der Waals surface area contributed by atoms with E-state index in [9.17, 15) is 35.1 Å². The summed E-state index contributed by atoms with van der Waals surface area (Å²) in [4.78, 5) is 26.6. The Kier molecular flexibility index (Phi) is 56.1. The topological polar surface area (TPSA) is 175 Å². The van der Waals surface area contributed by atoms with Gasteiger partial charge in [0.25, 0.3) is 0 Å². The Morgan fingerprint density at radius 1 is 0.471 bits per heavy atom. The predicted molar refractivity (Wildman–Crippen MR) is 356 cm³/mol. The van der Waals surface area contributed by atoms with Gasteiger partial charge in [-0.3, -0.25) is 9.59 Å². The van der Waals surface area contributed by atoms with Crippen LogP contribution in [0.25, 0.3) is 0 Å². The zero-order chi connectivity index (χ0) is 61.7. The average molecular weight is 1190 g/mol. The number of amides is 1. The molecule has 0 radical (unpaired) electrons. The number of carbonyl (C=O) groups is 2. The summed E-state index contributed by atoms with van der Waals surface area (Å²) in [6.45, 7) is 5.63. The lowest BCUT2D eigenvalue weighted by molar-refractivity contribution is -0.305. The van der Waals surface area contributed by atoms with Crippen LogP contribution in [0, 0.1) is 0 Å². The van der Waals surface area contributed by atoms with Gasteiger partial charge in [0, 0.05) is 6.42 Å². The number of aliphatic hydroxyl groups is 5. The Morgan fingerprint density at radius 2 is 0.847 bits per heavy atom. The fourth-order valence-corrected chi connectivity index (χ4v) is 9.96. The Balaban J connectivity index is 2.64. The summed E-state index contributed by atoms with van der Waals surface area (Å²) in [5.41, 5.74) is 0. The molecule has 1 rings (SSSR count). The molecule has 0 saturated carbocycles. The highest BCUT2D eigenvalue weighted by Crippen LogP contribution is 2.26. The maximum Gasteiger partial charge on any atom is 0.306 e. The summed E-state index contributed by atoms with van der Waals surface area (Å²) in [7, 11) is 0. The second-order valence-corrected chi connectivity index (χ2v) is 23.2. The van der Waals surface area contributed by atoms with Gasteiger partial charge in [-0.05, 0) is 116 Å². The molecule has 11 heteroatoms. The lowest BCUT2D eigenvalue weighted by Crippen LogP contribution is -2.61. The van der Waals surface area contributed by atoms with Gasteiger partial charge < -0.3 is 45.1 Å². The third-order valence-corrected chi connectivity index (χ3v) is 15.3. The molecule has 1 heterocycles. The molecule has 1 saturated heterocycles. The molecule has 1 fully saturated rings. The van der Waals surface area contributed by atoms with Gasteiger partial charge in [0.2, 0.25) is 5.91 Å². The first kappa shape index (κ1) is 79.1. The molecule has 6 N–H and O–H groups in total. The van der Waals surface area contributed by atoms with E-state index >= 15 is 0 Å². The quantitative estimate of drug-likeness (QED) is 0.0195. The average Bonchev–Trinajstić information content (AvgIpc) is 3.21. The maximum atomic E-state index is 13.5. The molecular weight excluding hydrogens is 1060 g/mol. The van der Waals surface area contributed by atoms with E-state index in [4.69, 9.17) is 14.2 Å². The Labute approximate surface area is 519 Å². The highest BCUT2D eigenvalue weighted by Gasteiger charge is 2.47. The summed E-state index contributed by atoms with van der Waals surface area (Å²) < 4.78 is 17.7. The van der Waals surface area contributed by atoms with Crippen LogP contribution in [0.4, 0.5) is 0 Å².